The summed E-state index contributed by atoms with van der Waals surface area (Å²) in [5, 5.41) is 20.0. The molecule has 6 nitrogen and oxygen atoms in total. The van der Waals surface area contributed by atoms with Gasteiger partial charge in [0.1, 0.15) is 19.3 Å². The molecule has 0 heterocycles. The highest BCUT2D eigenvalue weighted by Gasteiger charge is 2.12. The molecule has 0 saturated heterocycles. The average Bonchev–Trinajstić information content (AvgIpc) is 3.01. The Balaban J connectivity index is 3.67. The summed E-state index contributed by atoms with van der Waals surface area (Å²) < 4.78 is 10.2. The van der Waals surface area contributed by atoms with E-state index in [-0.39, 0.29) is 25.6 Å². The second-order valence-corrected chi connectivity index (χ2v) is 12.7. The number of rotatable bonds is 31. The molecule has 45 heavy (non-hydrogen) atoms. The minimum atomic E-state index is -1.04. The fraction of sp³-hybridized carbons (Fsp3) is 0.744. The molecule has 0 aliphatic heterocycles. The number of aliphatic hydroxyl groups excluding tert-OH is 2. The van der Waals surface area contributed by atoms with Crippen LogP contribution in [0.25, 0.3) is 0 Å². The minimum Gasteiger partial charge on any atom is -0.463 e. The van der Waals surface area contributed by atoms with Gasteiger partial charge in [0.25, 0.3) is 0 Å². The van der Waals surface area contributed by atoms with Gasteiger partial charge in [-0.05, 0) is 50.9 Å². The molecule has 0 fully saturated rings. The molecular formula is C39H68O6. The number of carbonyl (C=O) groups is 2. The summed E-state index contributed by atoms with van der Waals surface area (Å²) in [6, 6.07) is 0. The van der Waals surface area contributed by atoms with Crippen LogP contribution in [0.5, 0.6) is 0 Å². The number of aliphatic hydroxyl groups is 2. The first-order valence-corrected chi connectivity index (χ1v) is 18.2. The van der Waals surface area contributed by atoms with Crippen molar-refractivity contribution in [3.8, 4) is 0 Å². The molecule has 0 spiro atoms. The highest BCUT2D eigenvalue weighted by Crippen LogP contribution is 2.14. The van der Waals surface area contributed by atoms with Crippen molar-refractivity contribution < 1.29 is 29.3 Å². The van der Waals surface area contributed by atoms with Crippen molar-refractivity contribution in [3.63, 3.8) is 0 Å². The van der Waals surface area contributed by atoms with Crippen molar-refractivity contribution in [2.75, 3.05) is 13.2 Å². The Hall–Kier alpha value is -2.18. The molecule has 0 unspecified atom stereocenters. The maximum Gasteiger partial charge on any atom is 0.305 e. The standard InChI is InChI=1S/C39H68O6/c1-4-5-6-7-8-9-10-11-12-16-19-22-25-29-36(40)30-27-32-39(43)45-34-37(41)33-44-38(42)31-26-23-20-17-14-13-15-18-21-24-28-35(2)3/h8-9,11-12,19,22,25,29,35-37,40-41H,4-7,10,13-18,20-21,23-24,26-28,30-34H2,1-3H3/b9-8-,12-11-,22-19-,29-25+/t36-,37-/m1/s1. The lowest BCUT2D eigenvalue weighted by Crippen LogP contribution is -2.25. The molecule has 0 aliphatic rings. The van der Waals surface area contributed by atoms with Crippen LogP contribution in [0.4, 0.5) is 0 Å². The molecule has 260 valence electrons. The summed E-state index contributed by atoms with van der Waals surface area (Å²) >= 11 is 0. The van der Waals surface area contributed by atoms with Gasteiger partial charge in [-0.1, -0.05) is 146 Å². The third-order valence-corrected chi connectivity index (χ3v) is 7.60. The number of hydrogen-bond acceptors (Lipinski definition) is 6. The Kier molecular flexibility index (Phi) is 31.6. The van der Waals surface area contributed by atoms with Crippen LogP contribution in [0.1, 0.15) is 156 Å². The summed E-state index contributed by atoms with van der Waals surface area (Å²) in [5.41, 5.74) is 0. The number of allylic oxidation sites excluding steroid dienone is 7. The van der Waals surface area contributed by atoms with E-state index in [1.807, 2.05) is 18.2 Å². The lowest BCUT2D eigenvalue weighted by atomic mass is 10.0. The zero-order chi connectivity index (χ0) is 33.2. The van der Waals surface area contributed by atoms with Crippen LogP contribution in [0, 0.1) is 5.92 Å². The van der Waals surface area contributed by atoms with Crippen molar-refractivity contribution >= 4 is 11.9 Å². The van der Waals surface area contributed by atoms with Crippen molar-refractivity contribution in [2.45, 2.75) is 168 Å². The van der Waals surface area contributed by atoms with Crippen LogP contribution in [0.15, 0.2) is 48.6 Å². The first-order valence-electron chi connectivity index (χ1n) is 18.2. The van der Waals surface area contributed by atoms with E-state index in [1.165, 1.54) is 70.6 Å². The third-order valence-electron chi connectivity index (χ3n) is 7.60. The first kappa shape index (κ1) is 42.8. The van der Waals surface area contributed by atoms with Gasteiger partial charge in [0.15, 0.2) is 0 Å². The van der Waals surface area contributed by atoms with Gasteiger partial charge < -0.3 is 19.7 Å². The van der Waals surface area contributed by atoms with Crippen molar-refractivity contribution in [2.24, 2.45) is 5.92 Å². The van der Waals surface area contributed by atoms with Crippen molar-refractivity contribution in [1.29, 1.82) is 0 Å². The van der Waals surface area contributed by atoms with Gasteiger partial charge in [-0.2, -0.15) is 0 Å². The summed E-state index contributed by atoms with van der Waals surface area (Å²) in [6.45, 7) is 6.41. The third kappa shape index (κ3) is 34.5. The minimum absolute atomic E-state index is 0.156. The largest absolute Gasteiger partial charge is 0.463 e. The van der Waals surface area contributed by atoms with Gasteiger partial charge in [-0.15, -0.1) is 0 Å². The van der Waals surface area contributed by atoms with Crippen molar-refractivity contribution in [3.05, 3.63) is 48.6 Å². The van der Waals surface area contributed by atoms with E-state index in [4.69, 9.17) is 9.47 Å². The second kappa shape index (κ2) is 33.2. The predicted octanol–water partition coefficient (Wildman–Crippen LogP) is 9.89. The molecule has 2 N–H and O–H groups in total. The van der Waals surface area contributed by atoms with Crippen LogP contribution in [0.2, 0.25) is 0 Å². The number of ether oxygens (including phenoxy) is 2. The van der Waals surface area contributed by atoms with E-state index < -0.39 is 18.2 Å². The number of unbranched alkanes of at least 4 members (excludes halogenated alkanes) is 12. The highest BCUT2D eigenvalue weighted by atomic mass is 16.6. The SMILES string of the molecule is CCCCC/C=C\C/C=C\C/C=C\C=C\[C@@H](O)CCCC(=O)OC[C@H](O)COC(=O)CCCCCCCCCCCCC(C)C. The quantitative estimate of drug-likeness (QED) is 0.0342. The zero-order valence-corrected chi connectivity index (χ0v) is 29.1. The van der Waals surface area contributed by atoms with Crippen molar-refractivity contribution in [1.82, 2.24) is 0 Å². The maximum atomic E-state index is 11.9. The molecule has 0 bridgehead atoms. The topological polar surface area (TPSA) is 93.1 Å². The summed E-state index contributed by atoms with van der Waals surface area (Å²) in [6.07, 6.45) is 36.3. The van der Waals surface area contributed by atoms with Crippen LogP contribution in [-0.2, 0) is 19.1 Å². The summed E-state index contributed by atoms with van der Waals surface area (Å²) in [4.78, 5) is 23.9. The van der Waals surface area contributed by atoms with E-state index >= 15 is 0 Å². The molecule has 0 aromatic rings. The Bertz CT molecular complexity index is 797. The highest BCUT2D eigenvalue weighted by molar-refractivity contribution is 5.69. The molecule has 0 saturated carbocycles. The predicted molar refractivity (Wildman–Crippen MR) is 188 cm³/mol. The van der Waals surface area contributed by atoms with Gasteiger partial charge in [0, 0.05) is 12.8 Å². The lowest BCUT2D eigenvalue weighted by Gasteiger charge is -2.12. The molecule has 0 aromatic carbocycles. The maximum absolute atomic E-state index is 11.9. The van der Waals surface area contributed by atoms with Gasteiger partial charge in [-0.25, -0.2) is 0 Å². The molecule has 6 heteroatoms. The van der Waals surface area contributed by atoms with Gasteiger partial charge in [0.05, 0.1) is 6.10 Å². The van der Waals surface area contributed by atoms with Crippen LogP contribution in [0.3, 0.4) is 0 Å². The number of esters is 2. The Morgan fingerprint density at radius 1 is 0.600 bits per heavy atom. The van der Waals surface area contributed by atoms with E-state index in [0.717, 1.165) is 44.4 Å². The molecule has 0 radical (unpaired) electrons. The molecule has 0 rings (SSSR count). The van der Waals surface area contributed by atoms with Gasteiger partial charge in [-0.3, -0.25) is 9.59 Å². The van der Waals surface area contributed by atoms with E-state index in [9.17, 15) is 19.8 Å². The molecule has 2 atom stereocenters. The normalized spacial score (nSPS) is 13.6. The first-order chi connectivity index (χ1) is 21.8. The van der Waals surface area contributed by atoms with Crippen LogP contribution >= 0.6 is 0 Å². The monoisotopic (exact) mass is 633 g/mol. The lowest BCUT2D eigenvalue weighted by molar-refractivity contribution is -0.152. The summed E-state index contributed by atoms with van der Waals surface area (Å²) in [7, 11) is 0. The van der Waals surface area contributed by atoms with E-state index in [1.54, 1.807) is 6.08 Å². The fourth-order valence-corrected chi connectivity index (χ4v) is 4.78. The zero-order valence-electron chi connectivity index (χ0n) is 29.1. The van der Waals surface area contributed by atoms with Gasteiger partial charge >= 0.3 is 11.9 Å². The Morgan fingerprint density at radius 3 is 1.73 bits per heavy atom. The van der Waals surface area contributed by atoms with E-state index in [0.29, 0.717) is 19.3 Å². The Morgan fingerprint density at radius 2 is 1.13 bits per heavy atom. The Labute approximate surface area is 276 Å². The van der Waals surface area contributed by atoms with Crippen LogP contribution in [-0.4, -0.2) is 47.6 Å². The molecular weight excluding hydrogens is 564 g/mol. The van der Waals surface area contributed by atoms with Crippen LogP contribution < -0.4 is 0 Å². The smallest absolute Gasteiger partial charge is 0.305 e. The second-order valence-electron chi connectivity index (χ2n) is 12.7. The number of carbonyl (C=O) groups excluding carboxylic acids is 2. The average molecular weight is 633 g/mol. The fourth-order valence-electron chi connectivity index (χ4n) is 4.78. The van der Waals surface area contributed by atoms with E-state index in [2.05, 4.69) is 45.1 Å². The molecule has 0 aliphatic carbocycles. The number of hydrogen-bond donors (Lipinski definition) is 2. The molecule has 0 amide bonds. The van der Waals surface area contributed by atoms with Gasteiger partial charge in [0.2, 0.25) is 0 Å². The molecule has 0 aromatic heterocycles. The summed E-state index contributed by atoms with van der Waals surface area (Å²) in [5.74, 6) is 0.0541.